The summed E-state index contributed by atoms with van der Waals surface area (Å²) in [6.07, 6.45) is 6.68. The summed E-state index contributed by atoms with van der Waals surface area (Å²) >= 11 is 0. The van der Waals surface area contributed by atoms with E-state index in [0.717, 1.165) is 35.4 Å². The molecule has 0 saturated heterocycles. The second-order valence-corrected chi connectivity index (χ2v) is 6.69. The molecule has 0 aliphatic carbocycles. The Hall–Kier alpha value is -2.03. The van der Waals surface area contributed by atoms with E-state index in [-0.39, 0.29) is 0 Å². The number of nitrogens with two attached hydrogens (primary N) is 1. The number of pyridine rings is 1. The zero-order valence-corrected chi connectivity index (χ0v) is 14.5. The van der Waals surface area contributed by atoms with Gasteiger partial charge in [0.15, 0.2) is 0 Å². The van der Waals surface area contributed by atoms with Crippen LogP contribution < -0.4 is 11.1 Å². The topological polar surface area (TPSA) is 50.9 Å². The SMILES string of the molecule is CCC(C)CC(C)CCc1cccc(Nc2cc(N)ccn2)c1. The Bertz CT molecular complexity index is 609. The Morgan fingerprint density at radius 2 is 1.96 bits per heavy atom. The second kappa shape index (κ2) is 8.56. The maximum absolute atomic E-state index is 5.79. The molecule has 3 N–H and O–H groups in total. The number of aromatic nitrogens is 1. The first-order valence-corrected chi connectivity index (χ1v) is 8.64. The number of anilines is 3. The van der Waals surface area contributed by atoms with E-state index in [2.05, 4.69) is 55.3 Å². The standard InChI is InChI=1S/C20H29N3/c1-4-15(2)12-16(3)8-9-17-6-5-7-19(13-17)23-20-14-18(21)10-11-22-20/h5-7,10-11,13-16H,4,8-9,12H2,1-3H3,(H3,21,22,23). The molecular formula is C20H29N3. The molecule has 1 heterocycles. The number of nitrogen functional groups attached to an aromatic ring is 1. The molecule has 0 amide bonds. The lowest BCUT2D eigenvalue weighted by atomic mass is 9.91. The molecule has 0 aliphatic rings. The fourth-order valence-electron chi connectivity index (χ4n) is 2.85. The van der Waals surface area contributed by atoms with E-state index in [1.165, 1.54) is 24.8 Å². The van der Waals surface area contributed by atoms with Crippen LogP contribution in [0.3, 0.4) is 0 Å². The minimum absolute atomic E-state index is 0.720. The van der Waals surface area contributed by atoms with Crippen molar-refractivity contribution in [1.82, 2.24) is 4.98 Å². The highest BCUT2D eigenvalue weighted by atomic mass is 15.0. The predicted molar refractivity (Wildman–Crippen MR) is 99.9 cm³/mol. The van der Waals surface area contributed by atoms with Crippen molar-refractivity contribution in [1.29, 1.82) is 0 Å². The van der Waals surface area contributed by atoms with Crippen molar-refractivity contribution in [3.63, 3.8) is 0 Å². The summed E-state index contributed by atoms with van der Waals surface area (Å²) in [5.74, 6) is 2.39. The lowest BCUT2D eigenvalue weighted by Gasteiger charge is -2.16. The lowest BCUT2D eigenvalue weighted by molar-refractivity contribution is 0.387. The van der Waals surface area contributed by atoms with Crippen molar-refractivity contribution in [3.05, 3.63) is 48.2 Å². The normalized spacial score (nSPS) is 13.5. The van der Waals surface area contributed by atoms with Crippen LogP contribution in [0.15, 0.2) is 42.6 Å². The van der Waals surface area contributed by atoms with E-state index in [4.69, 9.17) is 5.73 Å². The fraction of sp³-hybridized carbons (Fsp3) is 0.450. The smallest absolute Gasteiger partial charge is 0.132 e. The lowest BCUT2D eigenvalue weighted by Crippen LogP contribution is -2.04. The van der Waals surface area contributed by atoms with Gasteiger partial charge in [-0.3, -0.25) is 0 Å². The number of nitrogens with zero attached hydrogens (tertiary/aromatic N) is 1. The highest BCUT2D eigenvalue weighted by Crippen LogP contribution is 2.22. The van der Waals surface area contributed by atoms with E-state index >= 15 is 0 Å². The Morgan fingerprint density at radius 1 is 1.13 bits per heavy atom. The van der Waals surface area contributed by atoms with E-state index in [0.29, 0.717) is 0 Å². The van der Waals surface area contributed by atoms with Crippen molar-refractivity contribution in [3.8, 4) is 0 Å². The first-order chi connectivity index (χ1) is 11.1. The molecule has 0 spiro atoms. The maximum atomic E-state index is 5.79. The van der Waals surface area contributed by atoms with Gasteiger partial charge < -0.3 is 11.1 Å². The Balaban J connectivity index is 1.92. The molecule has 0 radical (unpaired) electrons. The van der Waals surface area contributed by atoms with Crippen molar-refractivity contribution >= 4 is 17.2 Å². The molecule has 2 aromatic rings. The van der Waals surface area contributed by atoms with Crippen LogP contribution in [-0.2, 0) is 6.42 Å². The molecule has 1 aromatic heterocycles. The highest BCUT2D eigenvalue weighted by Gasteiger charge is 2.08. The first kappa shape index (κ1) is 17.3. The number of nitrogens with one attached hydrogen (secondary N) is 1. The largest absolute Gasteiger partial charge is 0.399 e. The number of rotatable bonds is 8. The van der Waals surface area contributed by atoms with Crippen LogP contribution in [0.4, 0.5) is 17.2 Å². The average Bonchev–Trinajstić information content (AvgIpc) is 2.53. The van der Waals surface area contributed by atoms with Crippen molar-refractivity contribution in [2.75, 3.05) is 11.1 Å². The van der Waals surface area contributed by atoms with Gasteiger partial charge in [0.1, 0.15) is 5.82 Å². The molecule has 1 aromatic carbocycles. The molecule has 3 heteroatoms. The van der Waals surface area contributed by atoms with Crippen LogP contribution in [0.25, 0.3) is 0 Å². The van der Waals surface area contributed by atoms with E-state index in [1.807, 2.05) is 6.07 Å². The molecule has 2 atom stereocenters. The Morgan fingerprint density at radius 3 is 2.70 bits per heavy atom. The first-order valence-electron chi connectivity index (χ1n) is 8.64. The molecule has 3 nitrogen and oxygen atoms in total. The third kappa shape index (κ3) is 5.93. The van der Waals surface area contributed by atoms with Crippen LogP contribution in [-0.4, -0.2) is 4.98 Å². The van der Waals surface area contributed by atoms with Gasteiger partial charge in [-0.05, 0) is 54.9 Å². The highest BCUT2D eigenvalue weighted by molar-refractivity contribution is 5.60. The minimum Gasteiger partial charge on any atom is -0.399 e. The summed E-state index contributed by atoms with van der Waals surface area (Å²) in [4.78, 5) is 4.29. The summed E-state index contributed by atoms with van der Waals surface area (Å²) in [5.41, 5.74) is 8.95. The third-order valence-corrected chi connectivity index (χ3v) is 4.41. The van der Waals surface area contributed by atoms with Crippen molar-refractivity contribution < 1.29 is 0 Å². The summed E-state index contributed by atoms with van der Waals surface area (Å²) in [5, 5.41) is 3.32. The van der Waals surface area contributed by atoms with Crippen LogP contribution >= 0.6 is 0 Å². The summed E-state index contributed by atoms with van der Waals surface area (Å²) < 4.78 is 0. The minimum atomic E-state index is 0.720. The van der Waals surface area contributed by atoms with Crippen LogP contribution in [0.1, 0.15) is 45.6 Å². The quantitative estimate of drug-likeness (QED) is 0.685. The predicted octanol–water partition coefficient (Wildman–Crippen LogP) is 5.41. The van der Waals surface area contributed by atoms with Gasteiger partial charge in [0, 0.05) is 23.6 Å². The van der Waals surface area contributed by atoms with E-state index in [1.54, 1.807) is 12.3 Å². The molecule has 23 heavy (non-hydrogen) atoms. The monoisotopic (exact) mass is 311 g/mol. The molecule has 0 saturated carbocycles. The zero-order valence-electron chi connectivity index (χ0n) is 14.5. The summed E-state index contributed by atoms with van der Waals surface area (Å²) in [7, 11) is 0. The maximum Gasteiger partial charge on any atom is 0.132 e. The van der Waals surface area contributed by atoms with Crippen molar-refractivity contribution in [2.45, 2.75) is 46.5 Å². The molecule has 124 valence electrons. The molecule has 0 fully saturated rings. The van der Waals surface area contributed by atoms with Crippen LogP contribution in [0, 0.1) is 11.8 Å². The van der Waals surface area contributed by atoms with Gasteiger partial charge in [0.05, 0.1) is 0 Å². The zero-order chi connectivity index (χ0) is 16.7. The van der Waals surface area contributed by atoms with Gasteiger partial charge in [-0.2, -0.15) is 0 Å². The molecule has 2 rings (SSSR count). The van der Waals surface area contributed by atoms with Crippen LogP contribution in [0.2, 0.25) is 0 Å². The van der Waals surface area contributed by atoms with Gasteiger partial charge in [-0.15, -0.1) is 0 Å². The summed E-state index contributed by atoms with van der Waals surface area (Å²) in [6.45, 7) is 6.99. The molecule has 0 bridgehead atoms. The number of benzene rings is 1. The Kier molecular flexibility index (Phi) is 6.45. The molecule has 0 aliphatic heterocycles. The van der Waals surface area contributed by atoms with Gasteiger partial charge in [0.25, 0.3) is 0 Å². The summed E-state index contributed by atoms with van der Waals surface area (Å²) in [6, 6.07) is 12.2. The number of hydrogen-bond acceptors (Lipinski definition) is 3. The number of aryl methyl sites for hydroxylation is 1. The fourth-order valence-corrected chi connectivity index (χ4v) is 2.85. The van der Waals surface area contributed by atoms with Gasteiger partial charge in [0.2, 0.25) is 0 Å². The van der Waals surface area contributed by atoms with Gasteiger partial charge in [-0.1, -0.05) is 39.3 Å². The second-order valence-electron chi connectivity index (χ2n) is 6.69. The third-order valence-electron chi connectivity index (χ3n) is 4.41. The Labute approximate surface area is 140 Å². The number of hydrogen-bond donors (Lipinski definition) is 2. The van der Waals surface area contributed by atoms with Gasteiger partial charge >= 0.3 is 0 Å². The molecule has 2 unspecified atom stereocenters. The van der Waals surface area contributed by atoms with Crippen molar-refractivity contribution in [2.24, 2.45) is 11.8 Å². The van der Waals surface area contributed by atoms with E-state index < -0.39 is 0 Å². The van der Waals surface area contributed by atoms with Gasteiger partial charge in [-0.25, -0.2) is 4.98 Å². The van der Waals surface area contributed by atoms with Crippen LogP contribution in [0.5, 0.6) is 0 Å². The average molecular weight is 311 g/mol. The molecular weight excluding hydrogens is 282 g/mol. The van der Waals surface area contributed by atoms with E-state index in [9.17, 15) is 0 Å².